The number of allylic oxidation sites excluding steroid dienone is 12. The molecule has 428 valence electrons. The third kappa shape index (κ3) is 56.5. The second kappa shape index (κ2) is 55.9. The first kappa shape index (κ1) is 70.7. The van der Waals surface area contributed by atoms with Gasteiger partial charge in [0.1, 0.15) is 13.2 Å². The first-order valence-electron chi connectivity index (χ1n) is 30.6. The molecule has 0 aromatic rings. The van der Waals surface area contributed by atoms with Gasteiger partial charge < -0.3 is 28.5 Å². The van der Waals surface area contributed by atoms with Crippen molar-refractivity contribution in [3.63, 3.8) is 0 Å². The van der Waals surface area contributed by atoms with Crippen molar-refractivity contribution in [3.05, 3.63) is 72.9 Å². The maximum atomic E-state index is 12.9. The number of likely N-dealkylation sites (N-methyl/N-ethyl adjacent to an activating group) is 1. The fraction of sp³-hybridized carbons (Fsp3) is 0.769. The zero-order chi connectivity index (χ0) is 54.1. The molecule has 1 N–H and O–H groups in total. The van der Waals surface area contributed by atoms with Crippen molar-refractivity contribution in [1.29, 1.82) is 0 Å². The lowest BCUT2D eigenvalue weighted by molar-refractivity contribution is -0.870. The Labute approximate surface area is 456 Å². The van der Waals surface area contributed by atoms with Gasteiger partial charge in [-0.3, -0.25) is 9.59 Å². The van der Waals surface area contributed by atoms with Crippen LogP contribution in [0.4, 0.5) is 0 Å². The van der Waals surface area contributed by atoms with E-state index in [0.717, 1.165) is 77.0 Å². The summed E-state index contributed by atoms with van der Waals surface area (Å²) in [6.45, 7) is 4.78. The van der Waals surface area contributed by atoms with E-state index in [1.54, 1.807) is 0 Å². The number of esters is 2. The molecule has 0 bridgehead atoms. The van der Waals surface area contributed by atoms with Crippen LogP contribution in [0.1, 0.15) is 264 Å². The van der Waals surface area contributed by atoms with Gasteiger partial charge in [0.25, 0.3) is 6.29 Å². The number of unbranched alkanes of at least 4 members (excludes halogenated alkanes) is 29. The monoisotopic (exact) mass is 1040 g/mol. The average Bonchev–Trinajstić information content (AvgIpc) is 3.37. The van der Waals surface area contributed by atoms with Gasteiger partial charge in [0.05, 0.1) is 34.4 Å². The van der Waals surface area contributed by atoms with Crippen molar-refractivity contribution in [1.82, 2.24) is 0 Å². The highest BCUT2D eigenvalue weighted by atomic mass is 16.7. The molecule has 0 aromatic carbocycles. The topological polar surface area (TPSA) is 108 Å². The van der Waals surface area contributed by atoms with Crippen LogP contribution in [-0.2, 0) is 33.3 Å². The summed E-state index contributed by atoms with van der Waals surface area (Å²) in [6.07, 6.45) is 70.0. The Balaban J connectivity index is 4.01. The molecule has 0 fully saturated rings. The van der Waals surface area contributed by atoms with Crippen LogP contribution in [0, 0.1) is 0 Å². The highest BCUT2D eigenvalue weighted by Gasteiger charge is 2.25. The molecule has 0 amide bonds. The SMILES string of the molecule is CC/C=C\C/C=C\C/C=C\C/C=C\C/C=C\C/C=C\CCCCCCCCCCCCCCCCCCCCC(=O)OC(COC(=O)CCCCCCCCCCCCCC)COC(OCC[N+](C)(C)C)C(=O)O. The summed E-state index contributed by atoms with van der Waals surface area (Å²) in [7, 11) is 5.97. The van der Waals surface area contributed by atoms with Crippen LogP contribution in [0.2, 0.25) is 0 Å². The Bertz CT molecular complexity index is 1440. The molecule has 0 aliphatic carbocycles. The summed E-state index contributed by atoms with van der Waals surface area (Å²) < 4.78 is 22.9. The van der Waals surface area contributed by atoms with Crippen molar-refractivity contribution in [2.24, 2.45) is 0 Å². The number of carbonyl (C=O) groups is 3. The van der Waals surface area contributed by atoms with Crippen LogP contribution in [0.25, 0.3) is 0 Å². The molecule has 0 spiro atoms. The number of carbonyl (C=O) groups excluding carboxylic acids is 2. The molecule has 0 rings (SSSR count). The minimum absolute atomic E-state index is 0.179. The van der Waals surface area contributed by atoms with E-state index in [0.29, 0.717) is 17.4 Å². The number of hydrogen-bond donors (Lipinski definition) is 1. The molecule has 0 saturated heterocycles. The average molecular weight is 1040 g/mol. The maximum Gasteiger partial charge on any atom is 0.361 e. The Morgan fingerprint density at radius 2 is 0.770 bits per heavy atom. The van der Waals surface area contributed by atoms with Gasteiger partial charge >= 0.3 is 17.9 Å². The van der Waals surface area contributed by atoms with E-state index in [2.05, 4.69) is 86.8 Å². The van der Waals surface area contributed by atoms with E-state index < -0.39 is 24.3 Å². The fourth-order valence-corrected chi connectivity index (χ4v) is 8.55. The Hall–Kier alpha value is -3.27. The minimum atomic E-state index is -1.51. The summed E-state index contributed by atoms with van der Waals surface area (Å²) >= 11 is 0. The van der Waals surface area contributed by atoms with Gasteiger partial charge in [-0.1, -0.05) is 260 Å². The first-order chi connectivity index (χ1) is 36.1. The summed E-state index contributed by atoms with van der Waals surface area (Å²) in [5.74, 6) is -1.99. The molecule has 9 nitrogen and oxygen atoms in total. The lowest BCUT2D eigenvalue weighted by Gasteiger charge is -2.25. The summed E-state index contributed by atoms with van der Waals surface area (Å²) in [5, 5.41) is 9.69. The van der Waals surface area contributed by atoms with Crippen LogP contribution < -0.4 is 0 Å². The van der Waals surface area contributed by atoms with Crippen molar-refractivity contribution < 1.29 is 42.9 Å². The molecule has 0 saturated carbocycles. The standard InChI is InChI=1S/C65H115NO8/c1-6-8-10-12-14-16-18-20-21-22-23-24-25-26-27-28-29-30-31-32-33-34-35-36-37-38-39-40-41-42-43-44-46-48-50-52-54-56-63(68)74-61(60-73-65(64(69)70)71-58-57-66(3,4)5)59-72-62(67)55-53-51-49-47-45-19-17-15-13-11-9-7-2/h8,10,14,16,20-21,23-24,26-27,29-30,61,65H,6-7,9,11-13,15,17-19,22,25,28,31-60H2,1-5H3/p+1/b10-8-,16-14-,21-20-,24-23-,27-26-,30-29-. The van der Waals surface area contributed by atoms with Crippen LogP contribution in [0.3, 0.4) is 0 Å². The molecule has 0 aliphatic rings. The Morgan fingerprint density at radius 1 is 0.419 bits per heavy atom. The number of ether oxygens (including phenoxy) is 4. The predicted octanol–water partition coefficient (Wildman–Crippen LogP) is 18.2. The van der Waals surface area contributed by atoms with E-state index in [1.165, 1.54) is 161 Å². The maximum absolute atomic E-state index is 12.9. The molecule has 0 radical (unpaired) electrons. The normalized spacial score (nSPS) is 13.3. The van der Waals surface area contributed by atoms with Gasteiger partial charge in [-0.25, -0.2) is 4.79 Å². The zero-order valence-corrected chi connectivity index (χ0v) is 48.7. The number of hydrogen-bond acceptors (Lipinski definition) is 7. The Kier molecular flexibility index (Phi) is 53.5. The zero-order valence-electron chi connectivity index (χ0n) is 48.7. The van der Waals surface area contributed by atoms with Gasteiger partial charge in [-0.2, -0.15) is 0 Å². The molecular weight excluding hydrogens is 923 g/mol. The third-order valence-electron chi connectivity index (χ3n) is 13.2. The van der Waals surface area contributed by atoms with Gasteiger partial charge in [0.2, 0.25) is 0 Å². The second-order valence-electron chi connectivity index (χ2n) is 21.6. The number of aliphatic carboxylic acids is 1. The molecule has 0 heterocycles. The molecule has 2 atom stereocenters. The number of carboxylic acid groups (broad SMARTS) is 1. The van der Waals surface area contributed by atoms with E-state index >= 15 is 0 Å². The summed E-state index contributed by atoms with van der Waals surface area (Å²) in [4.78, 5) is 37.3. The molecule has 9 heteroatoms. The van der Waals surface area contributed by atoms with E-state index in [-0.39, 0.29) is 32.2 Å². The van der Waals surface area contributed by atoms with E-state index in [4.69, 9.17) is 18.9 Å². The predicted molar refractivity (Wildman–Crippen MR) is 313 cm³/mol. The first-order valence-corrected chi connectivity index (χ1v) is 30.6. The van der Waals surface area contributed by atoms with Crippen LogP contribution in [-0.4, -0.2) is 87.4 Å². The number of nitrogens with zero attached hydrogens (tertiary/aromatic N) is 1. The minimum Gasteiger partial charge on any atom is -0.477 e. The highest BCUT2D eigenvalue weighted by molar-refractivity contribution is 5.71. The van der Waals surface area contributed by atoms with Crippen molar-refractivity contribution in [3.8, 4) is 0 Å². The highest BCUT2D eigenvalue weighted by Crippen LogP contribution is 2.17. The van der Waals surface area contributed by atoms with Crippen LogP contribution in [0.5, 0.6) is 0 Å². The van der Waals surface area contributed by atoms with Crippen molar-refractivity contribution in [2.75, 3.05) is 47.5 Å². The quantitative estimate of drug-likeness (QED) is 0.0211. The fourth-order valence-electron chi connectivity index (χ4n) is 8.55. The lowest BCUT2D eigenvalue weighted by Crippen LogP contribution is -2.40. The van der Waals surface area contributed by atoms with Crippen molar-refractivity contribution in [2.45, 2.75) is 277 Å². The van der Waals surface area contributed by atoms with Crippen LogP contribution >= 0.6 is 0 Å². The number of carboxylic acids is 1. The third-order valence-corrected chi connectivity index (χ3v) is 13.2. The van der Waals surface area contributed by atoms with Gasteiger partial charge in [0.15, 0.2) is 6.10 Å². The summed E-state index contributed by atoms with van der Waals surface area (Å²) in [6, 6.07) is 0. The van der Waals surface area contributed by atoms with E-state index in [9.17, 15) is 19.5 Å². The molecule has 0 aromatic heterocycles. The largest absolute Gasteiger partial charge is 0.477 e. The molecule has 0 aliphatic heterocycles. The summed E-state index contributed by atoms with van der Waals surface area (Å²) in [5.41, 5.74) is 0. The van der Waals surface area contributed by atoms with Gasteiger partial charge in [-0.15, -0.1) is 0 Å². The lowest BCUT2D eigenvalue weighted by atomic mass is 10.0. The van der Waals surface area contributed by atoms with Crippen molar-refractivity contribution >= 4 is 17.9 Å². The van der Waals surface area contributed by atoms with Crippen LogP contribution in [0.15, 0.2) is 72.9 Å². The van der Waals surface area contributed by atoms with Gasteiger partial charge in [0, 0.05) is 12.8 Å². The number of rotatable bonds is 56. The molecule has 2 unspecified atom stereocenters. The molecule has 74 heavy (non-hydrogen) atoms. The second-order valence-corrected chi connectivity index (χ2v) is 21.6. The smallest absolute Gasteiger partial charge is 0.361 e. The van der Waals surface area contributed by atoms with E-state index in [1.807, 2.05) is 21.1 Å². The Morgan fingerprint density at radius 3 is 1.15 bits per heavy atom. The number of quaternary nitrogens is 1. The molecular formula is C65H116NO8+. The van der Waals surface area contributed by atoms with Gasteiger partial charge in [-0.05, 0) is 64.2 Å².